The molecule has 1 N–H and O–H groups in total. The average molecular weight is 400 g/mol. The summed E-state index contributed by atoms with van der Waals surface area (Å²) in [6, 6.07) is 6.55. The van der Waals surface area contributed by atoms with Gasteiger partial charge in [-0.3, -0.25) is 9.69 Å². The summed E-state index contributed by atoms with van der Waals surface area (Å²) in [5.41, 5.74) is 0.407. The van der Waals surface area contributed by atoms with Gasteiger partial charge in [0.15, 0.2) is 11.6 Å². The van der Waals surface area contributed by atoms with Crippen LogP contribution in [-0.2, 0) is 0 Å². The van der Waals surface area contributed by atoms with Crippen LogP contribution in [0.4, 0.5) is 25.1 Å². The molecule has 1 aromatic carbocycles. The predicted octanol–water partition coefficient (Wildman–Crippen LogP) is 4.19. The number of amides is 3. The Morgan fingerprint density at radius 3 is 2.52 bits per heavy atom. The van der Waals surface area contributed by atoms with Crippen LogP contribution in [0, 0.1) is 11.6 Å². The maximum atomic E-state index is 13.3. The van der Waals surface area contributed by atoms with Crippen LogP contribution < -0.4 is 10.2 Å². The molecule has 1 aromatic heterocycles. The Kier molecular flexibility index (Phi) is 5.42. The number of urea groups is 1. The third-order valence-electron chi connectivity index (χ3n) is 5.52. The molecule has 1 saturated heterocycles. The number of carbonyl (C=O) groups excluding carboxylic acids is 2. The summed E-state index contributed by atoms with van der Waals surface area (Å²) in [7, 11) is 0. The number of carbonyl (C=O) groups is 2. The molecule has 2 aromatic rings. The van der Waals surface area contributed by atoms with E-state index >= 15 is 0 Å². The van der Waals surface area contributed by atoms with E-state index in [2.05, 4.69) is 10.3 Å². The van der Waals surface area contributed by atoms with Gasteiger partial charge in [-0.1, -0.05) is 19.3 Å². The van der Waals surface area contributed by atoms with Crippen LogP contribution in [0.15, 0.2) is 36.5 Å². The molecule has 29 heavy (non-hydrogen) atoms. The van der Waals surface area contributed by atoms with Crippen molar-refractivity contribution in [1.82, 2.24) is 9.88 Å². The Hall–Kier alpha value is -3.03. The lowest BCUT2D eigenvalue weighted by Gasteiger charge is -2.30. The van der Waals surface area contributed by atoms with E-state index in [9.17, 15) is 18.4 Å². The number of hydrogen-bond donors (Lipinski definition) is 1. The van der Waals surface area contributed by atoms with Crippen LogP contribution in [0.2, 0.25) is 0 Å². The Labute approximate surface area is 167 Å². The molecule has 1 aliphatic heterocycles. The molecule has 0 radical (unpaired) electrons. The van der Waals surface area contributed by atoms with Crippen molar-refractivity contribution in [3.05, 3.63) is 53.7 Å². The van der Waals surface area contributed by atoms with E-state index < -0.39 is 17.5 Å². The minimum Gasteiger partial charge on any atom is -0.321 e. The zero-order chi connectivity index (χ0) is 20.4. The first kappa shape index (κ1) is 19.3. The van der Waals surface area contributed by atoms with Gasteiger partial charge in [0, 0.05) is 24.7 Å². The van der Waals surface area contributed by atoms with Crippen molar-refractivity contribution in [3.63, 3.8) is 0 Å². The number of benzene rings is 1. The maximum absolute atomic E-state index is 13.3. The van der Waals surface area contributed by atoms with Crippen LogP contribution in [0.3, 0.4) is 0 Å². The first-order chi connectivity index (χ1) is 14.0. The summed E-state index contributed by atoms with van der Waals surface area (Å²) in [5.74, 6) is -2.13. The number of nitrogens with one attached hydrogen (secondary N) is 1. The number of pyridine rings is 1. The largest absolute Gasteiger partial charge is 0.326 e. The van der Waals surface area contributed by atoms with Crippen LogP contribution in [0.25, 0.3) is 0 Å². The highest BCUT2D eigenvalue weighted by molar-refractivity contribution is 6.04. The summed E-state index contributed by atoms with van der Waals surface area (Å²) in [6.45, 7) is 1.28. The molecule has 152 valence electrons. The highest BCUT2D eigenvalue weighted by Crippen LogP contribution is 2.28. The second-order valence-corrected chi connectivity index (χ2v) is 7.41. The second kappa shape index (κ2) is 8.14. The smallest absolute Gasteiger partial charge is 0.321 e. The molecule has 1 aliphatic carbocycles. The molecule has 6 nitrogen and oxygen atoms in total. The quantitative estimate of drug-likeness (QED) is 0.837. The van der Waals surface area contributed by atoms with E-state index in [1.165, 1.54) is 31.5 Å². The number of hydrogen-bond acceptors (Lipinski definition) is 3. The molecule has 0 atom stereocenters. The fraction of sp³-hybridized carbons (Fsp3) is 0.381. The van der Waals surface area contributed by atoms with Crippen molar-refractivity contribution < 1.29 is 18.4 Å². The van der Waals surface area contributed by atoms with Gasteiger partial charge in [-0.2, -0.15) is 0 Å². The zero-order valence-corrected chi connectivity index (χ0v) is 15.9. The summed E-state index contributed by atoms with van der Waals surface area (Å²) < 4.78 is 26.3. The molecule has 2 aliphatic rings. The summed E-state index contributed by atoms with van der Waals surface area (Å²) in [5, 5.41) is 2.59. The van der Waals surface area contributed by atoms with E-state index in [-0.39, 0.29) is 11.6 Å². The van der Waals surface area contributed by atoms with E-state index in [4.69, 9.17) is 0 Å². The zero-order valence-electron chi connectivity index (χ0n) is 15.9. The highest BCUT2D eigenvalue weighted by Gasteiger charge is 2.35. The molecule has 1 saturated carbocycles. The van der Waals surface area contributed by atoms with Gasteiger partial charge in [-0.05, 0) is 43.2 Å². The summed E-state index contributed by atoms with van der Waals surface area (Å²) >= 11 is 0. The fourth-order valence-corrected chi connectivity index (χ4v) is 3.96. The van der Waals surface area contributed by atoms with Gasteiger partial charge in [0.05, 0.1) is 11.9 Å². The lowest BCUT2D eigenvalue weighted by Crippen LogP contribution is -2.40. The number of anilines is 2. The Balaban J connectivity index is 1.40. The van der Waals surface area contributed by atoms with Crippen LogP contribution in [0.5, 0.6) is 0 Å². The van der Waals surface area contributed by atoms with Crippen molar-refractivity contribution in [2.75, 3.05) is 23.3 Å². The molecule has 0 bridgehead atoms. The van der Waals surface area contributed by atoms with E-state index in [1.54, 1.807) is 17.0 Å². The van der Waals surface area contributed by atoms with Gasteiger partial charge < -0.3 is 10.2 Å². The minimum absolute atomic E-state index is 0.00539. The monoisotopic (exact) mass is 400 g/mol. The first-order valence-electron chi connectivity index (χ1n) is 9.83. The second-order valence-electron chi connectivity index (χ2n) is 7.41. The lowest BCUT2D eigenvalue weighted by molar-refractivity contribution is 0.102. The molecule has 2 fully saturated rings. The third kappa shape index (κ3) is 4.06. The van der Waals surface area contributed by atoms with Crippen molar-refractivity contribution in [1.29, 1.82) is 0 Å². The molecular formula is C21H22F2N4O2. The van der Waals surface area contributed by atoms with Crippen molar-refractivity contribution in [3.8, 4) is 0 Å². The maximum Gasteiger partial charge on any atom is 0.326 e. The van der Waals surface area contributed by atoms with Gasteiger partial charge in [-0.25, -0.2) is 18.6 Å². The van der Waals surface area contributed by atoms with Gasteiger partial charge >= 0.3 is 6.03 Å². The molecule has 0 spiro atoms. The standard InChI is InChI=1S/C21H22F2N4O2/c22-17-8-6-14(12-18(17)23)20(28)25-15-7-9-19(24-13-15)27-11-10-26(21(27)29)16-4-2-1-3-5-16/h6-9,12-13,16H,1-5,10-11H2,(H,25,28). The highest BCUT2D eigenvalue weighted by atomic mass is 19.2. The molecule has 2 heterocycles. The molecule has 0 unspecified atom stereocenters. The van der Waals surface area contributed by atoms with Crippen LogP contribution in [0.1, 0.15) is 42.5 Å². The van der Waals surface area contributed by atoms with Gasteiger partial charge in [0.1, 0.15) is 5.82 Å². The van der Waals surface area contributed by atoms with Crippen LogP contribution in [-0.4, -0.2) is 41.0 Å². The fourth-order valence-electron chi connectivity index (χ4n) is 3.96. The van der Waals surface area contributed by atoms with Crippen molar-refractivity contribution >= 4 is 23.4 Å². The van der Waals surface area contributed by atoms with E-state index in [1.807, 2.05) is 4.90 Å². The number of nitrogens with zero attached hydrogens (tertiary/aromatic N) is 3. The number of aromatic nitrogens is 1. The number of rotatable bonds is 4. The molecular weight excluding hydrogens is 378 g/mol. The molecule has 4 rings (SSSR count). The SMILES string of the molecule is O=C(Nc1ccc(N2CCN(C3CCCCC3)C2=O)nc1)c1ccc(F)c(F)c1. The third-order valence-corrected chi connectivity index (χ3v) is 5.52. The Morgan fingerprint density at radius 1 is 1.03 bits per heavy atom. The summed E-state index contributed by atoms with van der Waals surface area (Å²) in [4.78, 5) is 32.9. The van der Waals surface area contributed by atoms with Crippen LogP contribution >= 0.6 is 0 Å². The van der Waals surface area contributed by atoms with E-state index in [0.717, 1.165) is 25.0 Å². The average Bonchev–Trinajstić information content (AvgIpc) is 3.12. The summed E-state index contributed by atoms with van der Waals surface area (Å²) in [6.07, 6.45) is 7.13. The lowest BCUT2D eigenvalue weighted by atomic mass is 9.94. The first-order valence-corrected chi connectivity index (χ1v) is 9.83. The Bertz CT molecular complexity index is 913. The van der Waals surface area contributed by atoms with Gasteiger partial charge in [0.25, 0.3) is 5.91 Å². The van der Waals surface area contributed by atoms with Crippen molar-refractivity contribution in [2.45, 2.75) is 38.1 Å². The van der Waals surface area contributed by atoms with Gasteiger partial charge in [-0.15, -0.1) is 0 Å². The minimum atomic E-state index is -1.08. The Morgan fingerprint density at radius 2 is 1.83 bits per heavy atom. The predicted molar refractivity (Wildman–Crippen MR) is 105 cm³/mol. The molecule has 3 amide bonds. The molecule has 8 heteroatoms. The number of halogens is 2. The normalized spacial score (nSPS) is 17.7. The topological polar surface area (TPSA) is 65.5 Å². The van der Waals surface area contributed by atoms with Crippen molar-refractivity contribution in [2.24, 2.45) is 0 Å². The van der Waals surface area contributed by atoms with E-state index in [0.29, 0.717) is 30.6 Å². The van der Waals surface area contributed by atoms with Gasteiger partial charge in [0.2, 0.25) is 0 Å².